The molecule has 142 valence electrons. The van der Waals surface area contributed by atoms with Crippen LogP contribution in [0.25, 0.3) is 10.2 Å². The number of methoxy groups -OCH3 is 2. The molecule has 0 fully saturated rings. The van der Waals surface area contributed by atoms with Crippen LogP contribution in [-0.2, 0) is 4.79 Å². The van der Waals surface area contributed by atoms with E-state index in [-0.39, 0.29) is 11.2 Å². The van der Waals surface area contributed by atoms with Gasteiger partial charge in [-0.1, -0.05) is 11.8 Å². The van der Waals surface area contributed by atoms with Crippen LogP contribution in [0.2, 0.25) is 0 Å². The normalized spacial score (nSPS) is 12.0. The van der Waals surface area contributed by atoms with Crippen molar-refractivity contribution in [2.75, 3.05) is 19.5 Å². The Morgan fingerprint density at radius 1 is 1.15 bits per heavy atom. The van der Waals surface area contributed by atoms with Crippen molar-refractivity contribution in [3.8, 4) is 11.5 Å². The number of hydrogen-bond acceptors (Lipinski definition) is 7. The van der Waals surface area contributed by atoms with Gasteiger partial charge < -0.3 is 14.8 Å². The summed E-state index contributed by atoms with van der Waals surface area (Å²) in [6.45, 7) is 6.00. The van der Waals surface area contributed by atoms with Gasteiger partial charge in [0.15, 0.2) is 0 Å². The highest BCUT2D eigenvalue weighted by Crippen LogP contribution is 2.36. The van der Waals surface area contributed by atoms with E-state index in [2.05, 4.69) is 29.1 Å². The Bertz CT molecular complexity index is 965. The lowest BCUT2D eigenvalue weighted by Gasteiger charge is -2.14. The van der Waals surface area contributed by atoms with E-state index in [4.69, 9.17) is 9.47 Å². The van der Waals surface area contributed by atoms with E-state index in [1.807, 2.05) is 6.92 Å². The predicted octanol–water partition coefficient (Wildman–Crippen LogP) is 4.44. The van der Waals surface area contributed by atoms with Gasteiger partial charge in [-0.3, -0.25) is 4.79 Å². The fourth-order valence-electron chi connectivity index (χ4n) is 2.58. The molecule has 6 nitrogen and oxygen atoms in total. The summed E-state index contributed by atoms with van der Waals surface area (Å²) in [5.41, 5.74) is 1.79. The number of aromatic nitrogens is 2. The van der Waals surface area contributed by atoms with E-state index in [0.717, 1.165) is 15.2 Å². The molecule has 0 saturated heterocycles. The lowest BCUT2D eigenvalue weighted by atomic mass is 10.2. The molecule has 27 heavy (non-hydrogen) atoms. The standard InChI is InChI=1S/C19H21N3O3S2/c1-10-11(2)26-18-16(10)19(21-9-20-18)27-12(3)17(23)22-13-6-14(24-4)8-15(7-13)25-5/h6-9,12H,1-5H3,(H,22,23). The van der Waals surface area contributed by atoms with Crippen LogP contribution in [0.5, 0.6) is 11.5 Å². The number of nitrogens with zero attached hydrogens (tertiary/aromatic N) is 2. The first-order valence-electron chi connectivity index (χ1n) is 8.34. The molecular weight excluding hydrogens is 382 g/mol. The van der Waals surface area contributed by atoms with Crippen LogP contribution >= 0.6 is 23.1 Å². The minimum Gasteiger partial charge on any atom is -0.497 e. The Morgan fingerprint density at radius 3 is 2.44 bits per heavy atom. The van der Waals surface area contributed by atoms with E-state index < -0.39 is 0 Å². The molecule has 1 atom stereocenters. The molecular formula is C19H21N3O3S2. The van der Waals surface area contributed by atoms with Crippen LogP contribution < -0.4 is 14.8 Å². The summed E-state index contributed by atoms with van der Waals surface area (Å²) >= 11 is 3.08. The molecule has 0 spiro atoms. The summed E-state index contributed by atoms with van der Waals surface area (Å²) in [5, 5.41) is 4.45. The number of fused-ring (bicyclic) bond motifs is 1. The quantitative estimate of drug-likeness (QED) is 0.484. The molecule has 0 bridgehead atoms. The maximum atomic E-state index is 12.7. The molecule has 8 heteroatoms. The highest BCUT2D eigenvalue weighted by Gasteiger charge is 2.20. The van der Waals surface area contributed by atoms with E-state index in [1.54, 1.807) is 50.1 Å². The van der Waals surface area contributed by atoms with Gasteiger partial charge >= 0.3 is 0 Å². The number of ether oxygens (including phenoxy) is 2. The van der Waals surface area contributed by atoms with Gasteiger partial charge in [-0.2, -0.15) is 0 Å². The number of carbonyl (C=O) groups excluding carboxylic acids is 1. The fourth-order valence-corrected chi connectivity index (χ4v) is 4.62. The van der Waals surface area contributed by atoms with E-state index in [9.17, 15) is 4.79 Å². The molecule has 1 unspecified atom stereocenters. The van der Waals surface area contributed by atoms with Crippen molar-refractivity contribution in [2.45, 2.75) is 31.0 Å². The summed E-state index contributed by atoms with van der Waals surface area (Å²) in [7, 11) is 3.15. The molecule has 1 aromatic carbocycles. The lowest BCUT2D eigenvalue weighted by Crippen LogP contribution is -2.22. The number of thioether (sulfide) groups is 1. The maximum Gasteiger partial charge on any atom is 0.237 e. The number of anilines is 1. The van der Waals surface area contributed by atoms with Crippen molar-refractivity contribution in [3.63, 3.8) is 0 Å². The number of thiophene rings is 1. The van der Waals surface area contributed by atoms with Crippen molar-refractivity contribution < 1.29 is 14.3 Å². The lowest BCUT2D eigenvalue weighted by molar-refractivity contribution is -0.115. The van der Waals surface area contributed by atoms with Gasteiger partial charge in [0, 0.05) is 34.1 Å². The summed E-state index contributed by atoms with van der Waals surface area (Å²) in [6, 6.07) is 5.27. The van der Waals surface area contributed by atoms with Crippen LogP contribution in [0, 0.1) is 13.8 Å². The molecule has 0 radical (unpaired) electrons. The Labute approximate surface area is 166 Å². The monoisotopic (exact) mass is 403 g/mol. The number of amides is 1. The van der Waals surface area contributed by atoms with Crippen molar-refractivity contribution in [1.82, 2.24) is 9.97 Å². The van der Waals surface area contributed by atoms with Gasteiger partial charge in [0.05, 0.1) is 19.5 Å². The molecule has 2 heterocycles. The Morgan fingerprint density at radius 2 is 1.81 bits per heavy atom. The van der Waals surface area contributed by atoms with Gasteiger partial charge in [-0.25, -0.2) is 9.97 Å². The van der Waals surface area contributed by atoms with Crippen molar-refractivity contribution in [3.05, 3.63) is 35.0 Å². The smallest absolute Gasteiger partial charge is 0.237 e. The summed E-state index contributed by atoms with van der Waals surface area (Å²) in [4.78, 5) is 23.6. The largest absolute Gasteiger partial charge is 0.497 e. The van der Waals surface area contributed by atoms with Crippen LogP contribution in [0.15, 0.2) is 29.6 Å². The summed E-state index contributed by atoms with van der Waals surface area (Å²) in [6.07, 6.45) is 1.55. The second kappa shape index (κ2) is 8.14. The first-order valence-corrected chi connectivity index (χ1v) is 10.0. The number of nitrogens with one attached hydrogen (secondary N) is 1. The van der Waals surface area contributed by atoms with Gasteiger partial charge in [0.25, 0.3) is 0 Å². The van der Waals surface area contributed by atoms with Crippen LogP contribution in [0.4, 0.5) is 5.69 Å². The molecule has 1 amide bonds. The topological polar surface area (TPSA) is 73.3 Å². The fraction of sp³-hybridized carbons (Fsp3) is 0.316. The predicted molar refractivity (Wildman–Crippen MR) is 110 cm³/mol. The van der Waals surface area contributed by atoms with Gasteiger partial charge in [0.2, 0.25) is 5.91 Å². The van der Waals surface area contributed by atoms with Crippen LogP contribution in [0.1, 0.15) is 17.4 Å². The third kappa shape index (κ3) is 4.17. The summed E-state index contributed by atoms with van der Waals surface area (Å²) in [5.74, 6) is 1.12. The number of carbonyl (C=O) groups is 1. The number of hydrogen-bond donors (Lipinski definition) is 1. The first kappa shape index (κ1) is 19.4. The number of benzene rings is 1. The number of aryl methyl sites for hydroxylation is 2. The zero-order chi connectivity index (χ0) is 19.6. The second-order valence-electron chi connectivity index (χ2n) is 5.99. The first-order chi connectivity index (χ1) is 12.9. The van der Waals surface area contributed by atoms with Gasteiger partial charge in [0.1, 0.15) is 27.7 Å². The Balaban J connectivity index is 1.79. The maximum absolute atomic E-state index is 12.7. The Hall–Kier alpha value is -2.32. The van der Waals surface area contributed by atoms with Crippen LogP contribution in [0.3, 0.4) is 0 Å². The molecule has 0 aliphatic rings. The molecule has 1 N–H and O–H groups in total. The van der Waals surface area contributed by atoms with Crippen molar-refractivity contribution in [1.29, 1.82) is 0 Å². The highest BCUT2D eigenvalue weighted by atomic mass is 32.2. The zero-order valence-corrected chi connectivity index (χ0v) is 17.5. The molecule has 3 aromatic rings. The average molecular weight is 404 g/mol. The van der Waals surface area contributed by atoms with Gasteiger partial charge in [-0.05, 0) is 26.3 Å². The van der Waals surface area contributed by atoms with Crippen molar-refractivity contribution >= 4 is 44.9 Å². The SMILES string of the molecule is COc1cc(NC(=O)C(C)Sc2ncnc3sc(C)c(C)c23)cc(OC)c1. The van der Waals surface area contributed by atoms with E-state index in [0.29, 0.717) is 17.2 Å². The van der Waals surface area contributed by atoms with Crippen LogP contribution in [-0.4, -0.2) is 35.3 Å². The average Bonchev–Trinajstić information content (AvgIpc) is 2.96. The van der Waals surface area contributed by atoms with E-state index in [1.165, 1.54) is 22.2 Å². The van der Waals surface area contributed by atoms with Crippen molar-refractivity contribution in [2.24, 2.45) is 0 Å². The summed E-state index contributed by atoms with van der Waals surface area (Å²) < 4.78 is 10.5. The molecule has 0 aliphatic carbocycles. The third-order valence-corrected chi connectivity index (χ3v) is 6.42. The minimum absolute atomic E-state index is 0.119. The number of rotatable bonds is 6. The Kier molecular flexibility index (Phi) is 5.86. The highest BCUT2D eigenvalue weighted by molar-refractivity contribution is 8.00. The van der Waals surface area contributed by atoms with E-state index >= 15 is 0 Å². The third-order valence-electron chi connectivity index (χ3n) is 4.21. The molecule has 0 aliphatic heterocycles. The molecule has 2 aromatic heterocycles. The minimum atomic E-state index is -0.333. The second-order valence-corrected chi connectivity index (χ2v) is 8.53. The molecule has 3 rings (SSSR count). The van der Waals surface area contributed by atoms with Gasteiger partial charge in [-0.15, -0.1) is 11.3 Å². The zero-order valence-electron chi connectivity index (χ0n) is 15.8. The molecule has 0 saturated carbocycles.